The lowest BCUT2D eigenvalue weighted by Crippen LogP contribution is -2.57. The highest BCUT2D eigenvalue weighted by atomic mass is 16.6. The number of fused-ring (bicyclic) bond motifs is 16. The number of aliphatic hydroxyl groups excluding tert-OH is 8. The number of ketones is 6. The lowest BCUT2D eigenvalue weighted by Gasteiger charge is -2.53. The molecule has 34 nitrogen and oxygen atoms in total. The molecule has 0 aromatic heterocycles. The SMILES string of the molecule is C=CCN(/C=C1/C(=O)O[C@H](COC)[C@@]2(C)C1=C(O)C(=O)C1=C2[C@H](O)C[C@]2(C)C(O)CC[C@@H]12)CC=C.C=CCN(/C=C1/C(=O)O[C@H](COC)[C@@]2(C)C1=C(O)C(=O)C1=C2[C@H](OC(C)=O)C[C@]2(C)C(=O)CC[C@@H]12)CC=C.C=CCN(/C=C1/C(=O)O[C@H](COC)[C@@]2(C)C1=C(O)C(=O)C1=C2[C@H](OC(C)=O)C[C@]2(C)C(=O)CC[C@@H]12)CC=C.C=CCN(/C=C1\C(=O)O[C@H](COC)[C@@]2(C)C1=C(O)C(=O)C1=C2[C@H](O)C[C@]2(C)C(O)CC[C@@H]12)CC=C. The second kappa shape index (κ2) is 42.9. The first kappa shape index (κ1) is 111. The number of cyclic esters (lactones) is 4. The van der Waals surface area contributed by atoms with E-state index in [1.54, 1.807) is 122 Å². The minimum absolute atomic E-state index is 0.00740. The average Bonchev–Trinajstić information content (AvgIpc) is 1.22. The summed E-state index contributed by atoms with van der Waals surface area (Å²) in [6.45, 7) is 50.0. The number of methoxy groups -OCH3 is 4. The third kappa shape index (κ3) is 18.2. The van der Waals surface area contributed by atoms with E-state index in [1.807, 2.05) is 13.8 Å². The molecule has 2 unspecified atom stereocenters. The molecule has 8 N–H and O–H groups in total. The fourth-order valence-corrected chi connectivity index (χ4v) is 27.0. The first-order chi connectivity index (χ1) is 69.0. The summed E-state index contributed by atoms with van der Waals surface area (Å²) in [5, 5.41) is 90.2. The van der Waals surface area contributed by atoms with Crippen LogP contribution in [-0.4, -0.2) is 299 Å². The lowest BCUT2D eigenvalue weighted by molar-refractivity contribution is -0.160. The van der Waals surface area contributed by atoms with Crippen LogP contribution in [0.5, 0.6) is 0 Å². The van der Waals surface area contributed by atoms with Gasteiger partial charge in [0, 0.05) is 223 Å². The van der Waals surface area contributed by atoms with Crippen LogP contribution < -0.4 is 0 Å². The highest BCUT2D eigenvalue weighted by Crippen LogP contribution is 2.69. The Balaban J connectivity index is 0.000000163. The number of carbonyl (C=O) groups is 12. The number of rotatable bonds is 30. The summed E-state index contributed by atoms with van der Waals surface area (Å²) >= 11 is 0. The maximum absolute atomic E-state index is 14.0. The van der Waals surface area contributed by atoms with Gasteiger partial charge in [-0.3, -0.25) is 38.4 Å². The van der Waals surface area contributed by atoms with Gasteiger partial charge in [0.15, 0.2) is 23.0 Å². The number of hydrogen-bond donors (Lipinski definition) is 8. The highest BCUT2D eigenvalue weighted by Gasteiger charge is 2.71. The van der Waals surface area contributed by atoms with Crippen LogP contribution in [0, 0.1) is 67.0 Å². The van der Waals surface area contributed by atoms with Gasteiger partial charge in [0.2, 0.25) is 23.1 Å². The largest absolute Gasteiger partial charge is 0.504 e. The van der Waals surface area contributed by atoms with E-state index in [-0.39, 0.29) is 144 Å². The third-order valence-electron chi connectivity index (χ3n) is 33.7. The first-order valence-electron chi connectivity index (χ1n) is 49.6. The molecular formula is C112H140N4O30. The van der Waals surface area contributed by atoms with Crippen molar-refractivity contribution in [1.29, 1.82) is 0 Å². The van der Waals surface area contributed by atoms with E-state index < -0.39 is 198 Å². The zero-order chi connectivity index (χ0) is 107. The van der Waals surface area contributed by atoms with Crippen molar-refractivity contribution in [1.82, 2.24) is 19.6 Å². The molecule has 4 heterocycles. The van der Waals surface area contributed by atoms with E-state index in [4.69, 9.17) is 47.4 Å². The predicted octanol–water partition coefficient (Wildman–Crippen LogP) is 11.0. The van der Waals surface area contributed by atoms with E-state index in [0.717, 1.165) is 0 Å². The third-order valence-corrected chi connectivity index (χ3v) is 33.7. The summed E-state index contributed by atoms with van der Waals surface area (Å²) in [5.74, 6) is -10.3. The fourth-order valence-electron chi connectivity index (χ4n) is 27.0. The summed E-state index contributed by atoms with van der Waals surface area (Å²) < 4.78 is 56.6. The predicted molar refractivity (Wildman–Crippen MR) is 533 cm³/mol. The molecule has 0 radical (unpaired) electrons. The maximum Gasteiger partial charge on any atom is 0.340 e. The van der Waals surface area contributed by atoms with E-state index in [2.05, 4.69) is 52.6 Å². The Bertz CT molecular complexity index is 5540. The number of hydrogen-bond acceptors (Lipinski definition) is 34. The van der Waals surface area contributed by atoms with Crippen LogP contribution in [0.15, 0.2) is 238 Å². The molecule has 0 aromatic rings. The average molecular weight is 2020 g/mol. The molecule has 8 fully saturated rings. The summed E-state index contributed by atoms with van der Waals surface area (Å²) in [6.07, 6.45) is 15.0. The summed E-state index contributed by atoms with van der Waals surface area (Å²) in [7, 11) is 5.88. The Morgan fingerprint density at radius 3 is 0.788 bits per heavy atom. The molecule has 4 aliphatic heterocycles. The van der Waals surface area contributed by atoms with Gasteiger partial charge >= 0.3 is 35.8 Å². The summed E-state index contributed by atoms with van der Waals surface area (Å²) in [6, 6.07) is 0. The summed E-state index contributed by atoms with van der Waals surface area (Å²) in [4.78, 5) is 166. The van der Waals surface area contributed by atoms with Crippen molar-refractivity contribution >= 4 is 70.5 Å². The zero-order valence-corrected chi connectivity index (χ0v) is 86.0. The molecule has 0 aromatic carbocycles. The molecule has 34 heteroatoms. The maximum atomic E-state index is 14.0. The van der Waals surface area contributed by atoms with Gasteiger partial charge in [-0.1, -0.05) is 76.3 Å². The Kier molecular flexibility index (Phi) is 32.6. The molecule has 0 spiro atoms. The van der Waals surface area contributed by atoms with Gasteiger partial charge < -0.3 is 108 Å². The quantitative estimate of drug-likeness (QED) is 0.0143. The Morgan fingerprint density at radius 1 is 0.342 bits per heavy atom. The standard InChI is InChI=1S/2C29H35NO8.2C27H35NO7/c2*1-7-11-30(12-8-2)14-17-23-26(34)25(33)22-18-9-10-20(32)28(18,4)13-19(37-16(3)31)24(22)29(23,5)21(15-36-6)38-27(17)35;2*1-6-10-28(11-7-2)13-15-21-24(32)23(31)20-16-8-9-18(30)26(16,3)12-17(29)22(20)27(21,4)19(14-34-5)35-25(15)33/h2*7-8,14,18-19,21,34H,1-2,9-13,15H2,3-6H3;2*6-7,13,16-19,29-30,32H,1-2,8-12,14H2,3-5H3/b2*17-14+;15-13+;15-13-/t2*18-,19+,21+,28-,29-;2*16-,17+,18?,19+,26-,27-/m0000/s1. The van der Waals surface area contributed by atoms with E-state index >= 15 is 0 Å². The lowest BCUT2D eigenvalue weighted by atomic mass is 9.53. The van der Waals surface area contributed by atoms with Crippen molar-refractivity contribution in [3.63, 3.8) is 0 Å². The van der Waals surface area contributed by atoms with Crippen molar-refractivity contribution < 1.29 is 146 Å². The molecule has 4 saturated heterocycles. The molecular weight excluding hydrogens is 1880 g/mol. The van der Waals surface area contributed by atoms with Crippen molar-refractivity contribution in [3.05, 3.63) is 238 Å². The normalized spacial score (nSPS) is 35.4. The Labute approximate surface area is 851 Å². The zero-order valence-electron chi connectivity index (χ0n) is 86.0. The second-order valence-electron chi connectivity index (χ2n) is 42.2. The topological polar surface area (TPSA) is 472 Å². The van der Waals surface area contributed by atoms with Crippen LogP contribution in [-0.2, 0) is 105 Å². The minimum atomic E-state index is -1.27. The smallest absolute Gasteiger partial charge is 0.340 e. The van der Waals surface area contributed by atoms with Crippen LogP contribution in [0.2, 0.25) is 0 Å². The van der Waals surface area contributed by atoms with Crippen molar-refractivity contribution in [2.75, 3.05) is 107 Å². The number of Topliss-reactive ketones (excluding diaryl/α,β-unsaturated/α-hetero) is 6. The molecule has 0 bridgehead atoms. The van der Waals surface area contributed by atoms with Gasteiger partial charge in [-0.05, 0) is 113 Å². The second-order valence-corrected chi connectivity index (χ2v) is 42.2. The molecule has 22 atom stereocenters. The van der Waals surface area contributed by atoms with Crippen LogP contribution in [0.1, 0.15) is 146 Å². The van der Waals surface area contributed by atoms with Gasteiger partial charge in [-0.2, -0.15) is 0 Å². The molecule has 12 aliphatic carbocycles. The van der Waals surface area contributed by atoms with Crippen molar-refractivity contribution in [2.45, 2.75) is 207 Å². The number of esters is 6. The van der Waals surface area contributed by atoms with Gasteiger partial charge in [0.1, 0.15) is 48.2 Å². The van der Waals surface area contributed by atoms with Gasteiger partial charge in [-0.25, -0.2) is 19.2 Å². The number of nitrogens with zero attached hydrogens (tertiary/aromatic N) is 4. The molecule has 0 amide bonds. The first-order valence-corrected chi connectivity index (χ1v) is 49.6. The Morgan fingerprint density at radius 2 is 0.568 bits per heavy atom. The van der Waals surface area contributed by atoms with Crippen LogP contribution >= 0.6 is 0 Å². The van der Waals surface area contributed by atoms with Crippen LogP contribution in [0.3, 0.4) is 0 Å². The number of ether oxygens (including phenoxy) is 10. The van der Waals surface area contributed by atoms with Crippen molar-refractivity contribution in [2.24, 2.45) is 67.0 Å². The number of carbonyl (C=O) groups excluding carboxylic acids is 12. The van der Waals surface area contributed by atoms with Gasteiger partial charge in [0.25, 0.3) is 0 Å². The number of aliphatic hydroxyl groups is 8. The number of allylic oxidation sites excluding steroid dienone is 4. The van der Waals surface area contributed by atoms with Gasteiger partial charge in [0.05, 0.1) is 94.8 Å². The molecule has 788 valence electrons. The molecule has 4 saturated carbocycles. The molecule has 146 heavy (non-hydrogen) atoms. The van der Waals surface area contributed by atoms with Gasteiger partial charge in [-0.15, -0.1) is 52.6 Å². The van der Waals surface area contributed by atoms with Crippen molar-refractivity contribution in [3.8, 4) is 0 Å². The summed E-state index contributed by atoms with van der Waals surface area (Å²) in [5.41, 5.74) is -4.55. The van der Waals surface area contributed by atoms with Crippen LogP contribution in [0.4, 0.5) is 0 Å². The molecule has 16 aliphatic rings. The van der Waals surface area contributed by atoms with E-state index in [9.17, 15) is 98.4 Å². The van der Waals surface area contributed by atoms with Crippen LogP contribution in [0.25, 0.3) is 0 Å². The monoisotopic (exact) mass is 2020 g/mol. The fraction of sp³-hybridized carbons (Fsp3) is 0.536. The van der Waals surface area contributed by atoms with E-state index in [1.165, 1.54) is 54.7 Å². The minimum Gasteiger partial charge on any atom is -0.504 e. The highest BCUT2D eigenvalue weighted by molar-refractivity contribution is 6.17. The molecule has 16 rings (SSSR count). The Hall–Kier alpha value is -12.3. The van der Waals surface area contributed by atoms with E-state index in [0.29, 0.717) is 124 Å².